The van der Waals surface area contributed by atoms with E-state index in [1.807, 2.05) is 0 Å². The number of rotatable bonds is 12. The Morgan fingerprint density at radius 3 is 2.50 bits per heavy atom. The first-order chi connectivity index (χ1) is 18.8. The zero-order valence-corrected chi connectivity index (χ0v) is 25.4. The van der Waals surface area contributed by atoms with Crippen molar-refractivity contribution < 1.29 is 22.5 Å². The standard InChI is InChI=1S/C28H46BN5O5S/c1-18(2)15-24(29-38-23-17-19-16-22(27(19,3)4)28(23,5)39-29)33-25(35)21(13-10-14-32-26(30)31-6)34-40(36,37)20-11-8-7-9-12-20/h7-9,11-12,18-19,21-24,34H,10,13-17H2,1-6H3,(H,33,35)(H3,30,31,32)/t19-,21-,22-,23+,24-,28-/m0/s1. The Balaban J connectivity index is 1.49. The van der Waals surface area contributed by atoms with E-state index in [9.17, 15) is 13.2 Å². The fraction of sp³-hybridized carbons (Fsp3) is 0.714. The first-order valence-corrected chi connectivity index (χ1v) is 16.0. The lowest BCUT2D eigenvalue weighted by atomic mass is 9.43. The van der Waals surface area contributed by atoms with Gasteiger partial charge in [-0.3, -0.25) is 10.2 Å². The molecule has 12 heteroatoms. The second kappa shape index (κ2) is 12.0. The predicted octanol–water partition coefficient (Wildman–Crippen LogP) is 2.66. The quantitative estimate of drug-likeness (QED) is 0.112. The van der Waals surface area contributed by atoms with Crippen LogP contribution in [0.3, 0.4) is 0 Å². The van der Waals surface area contributed by atoms with Gasteiger partial charge in [-0.05, 0) is 74.3 Å². The van der Waals surface area contributed by atoms with Crippen molar-refractivity contribution in [2.45, 2.75) is 95.3 Å². The van der Waals surface area contributed by atoms with Crippen LogP contribution in [0.2, 0.25) is 0 Å². The van der Waals surface area contributed by atoms with Crippen molar-refractivity contribution in [3.8, 4) is 0 Å². The molecule has 4 fully saturated rings. The Bertz CT molecular complexity index is 1170. The van der Waals surface area contributed by atoms with E-state index in [4.69, 9.17) is 14.7 Å². The number of benzene rings is 1. The van der Waals surface area contributed by atoms with Crippen LogP contribution in [0, 0.1) is 28.6 Å². The van der Waals surface area contributed by atoms with Gasteiger partial charge in [0.1, 0.15) is 6.04 Å². The summed E-state index contributed by atoms with van der Waals surface area (Å²) in [5, 5.41) is 16.4. The van der Waals surface area contributed by atoms with Crippen molar-refractivity contribution >= 4 is 29.0 Å². The van der Waals surface area contributed by atoms with Crippen molar-refractivity contribution in [3.05, 3.63) is 30.3 Å². The van der Waals surface area contributed by atoms with Crippen LogP contribution in [0.1, 0.15) is 66.7 Å². The van der Waals surface area contributed by atoms with Crippen molar-refractivity contribution in [2.75, 3.05) is 13.6 Å². The number of nitrogens with one attached hydrogen (secondary N) is 5. The van der Waals surface area contributed by atoms with Crippen molar-refractivity contribution in [1.82, 2.24) is 20.7 Å². The summed E-state index contributed by atoms with van der Waals surface area (Å²) in [5.41, 5.74) is -0.195. The maximum atomic E-state index is 13.7. The molecule has 1 aliphatic heterocycles. The van der Waals surface area contributed by atoms with Crippen LogP contribution >= 0.6 is 0 Å². The summed E-state index contributed by atoms with van der Waals surface area (Å²) in [5.74, 6) is 0.605. The van der Waals surface area contributed by atoms with Crippen molar-refractivity contribution in [2.24, 2.45) is 23.2 Å². The summed E-state index contributed by atoms with van der Waals surface area (Å²) >= 11 is 0. The highest BCUT2D eigenvalue weighted by Gasteiger charge is 2.68. The van der Waals surface area contributed by atoms with E-state index in [-0.39, 0.29) is 34.7 Å². The molecule has 2 bridgehead atoms. The van der Waals surface area contributed by atoms with Crippen LogP contribution < -0.4 is 20.7 Å². The maximum Gasteiger partial charge on any atom is 0.481 e. The number of guanidine groups is 1. The van der Waals surface area contributed by atoms with E-state index in [0.717, 1.165) is 12.8 Å². The van der Waals surface area contributed by atoms with Crippen LogP contribution in [-0.4, -0.2) is 64.7 Å². The summed E-state index contributed by atoms with van der Waals surface area (Å²) in [7, 11) is -2.89. The van der Waals surface area contributed by atoms with Gasteiger partial charge in [-0.15, -0.1) is 0 Å². The van der Waals surface area contributed by atoms with Gasteiger partial charge in [-0.25, -0.2) is 8.42 Å². The molecule has 1 saturated heterocycles. The van der Waals surface area contributed by atoms with E-state index in [1.54, 1.807) is 25.2 Å². The predicted molar refractivity (Wildman–Crippen MR) is 156 cm³/mol. The minimum Gasteiger partial charge on any atom is -0.404 e. The molecular formula is C28H46BN5O5S. The third kappa shape index (κ3) is 6.35. The molecule has 0 spiro atoms. The van der Waals surface area contributed by atoms with E-state index >= 15 is 0 Å². The molecule has 3 aliphatic carbocycles. The molecule has 3 saturated carbocycles. The van der Waals surface area contributed by atoms with E-state index < -0.39 is 40.6 Å². The van der Waals surface area contributed by atoms with Gasteiger partial charge < -0.3 is 25.3 Å². The first kappa shape index (κ1) is 30.8. The van der Waals surface area contributed by atoms with Gasteiger partial charge in [-0.2, -0.15) is 4.72 Å². The van der Waals surface area contributed by atoms with E-state index in [1.165, 1.54) is 12.1 Å². The number of carbonyl (C=O) groups excluding carboxylic acids is 1. The van der Waals surface area contributed by atoms with Gasteiger partial charge in [0.25, 0.3) is 0 Å². The highest BCUT2D eigenvalue weighted by atomic mass is 32.2. The molecule has 1 heterocycles. The summed E-state index contributed by atoms with van der Waals surface area (Å²) in [6.45, 7) is 11.4. The molecule has 0 aromatic heterocycles. The van der Waals surface area contributed by atoms with E-state index in [0.29, 0.717) is 31.2 Å². The van der Waals surface area contributed by atoms with Gasteiger partial charge in [0.05, 0.1) is 22.5 Å². The normalized spacial score (nSPS) is 28.3. The van der Waals surface area contributed by atoms with Crippen LogP contribution in [0.15, 0.2) is 35.2 Å². The van der Waals surface area contributed by atoms with E-state index in [2.05, 4.69) is 55.3 Å². The highest BCUT2D eigenvalue weighted by molar-refractivity contribution is 7.89. The molecular weight excluding hydrogens is 529 g/mol. The molecule has 0 radical (unpaired) electrons. The molecule has 1 aromatic rings. The summed E-state index contributed by atoms with van der Waals surface area (Å²) in [6.07, 6.45) is 3.44. The van der Waals surface area contributed by atoms with Crippen molar-refractivity contribution in [1.29, 1.82) is 5.41 Å². The zero-order valence-electron chi connectivity index (χ0n) is 24.6. The largest absolute Gasteiger partial charge is 0.481 e. The number of carbonyl (C=O) groups is 1. The molecule has 5 rings (SSSR count). The Kier molecular flexibility index (Phi) is 9.24. The van der Waals surface area contributed by atoms with Gasteiger partial charge >= 0.3 is 7.12 Å². The third-order valence-corrected chi connectivity index (χ3v) is 10.7. The summed E-state index contributed by atoms with van der Waals surface area (Å²) < 4.78 is 42.1. The lowest BCUT2D eigenvalue weighted by Gasteiger charge is -2.64. The number of hydrogen-bond acceptors (Lipinski definition) is 6. The molecule has 222 valence electrons. The minimum atomic E-state index is -3.93. The molecule has 1 aromatic carbocycles. The minimum absolute atomic E-state index is 0.0122. The SMILES string of the molecule is CNC(=N)NCCC[C@H](NS(=O)(=O)c1ccccc1)C(=O)N[C@@H](CC(C)C)B1O[C@@H]2C[C@@H]3C[C@@H](C3(C)C)[C@]2(C)O1. The number of sulfonamides is 1. The molecule has 0 unspecified atom stereocenters. The Morgan fingerprint density at radius 1 is 1.18 bits per heavy atom. The van der Waals surface area contributed by atoms with Crippen LogP contribution in [0.25, 0.3) is 0 Å². The smallest absolute Gasteiger partial charge is 0.404 e. The fourth-order valence-electron chi connectivity index (χ4n) is 6.81. The monoisotopic (exact) mass is 575 g/mol. The molecule has 10 nitrogen and oxygen atoms in total. The molecule has 4 aliphatic rings. The number of amides is 1. The van der Waals surface area contributed by atoms with Gasteiger partial charge in [0.15, 0.2) is 5.96 Å². The Morgan fingerprint density at radius 2 is 1.88 bits per heavy atom. The lowest BCUT2D eigenvalue weighted by Crippen LogP contribution is -2.65. The topological polar surface area (TPSA) is 142 Å². The average Bonchev–Trinajstić information content (AvgIpc) is 3.27. The zero-order chi connectivity index (χ0) is 29.3. The van der Waals surface area contributed by atoms with Crippen LogP contribution in [-0.2, 0) is 24.1 Å². The highest BCUT2D eigenvalue weighted by Crippen LogP contribution is 2.65. The summed E-state index contributed by atoms with van der Waals surface area (Å²) in [6, 6.07) is 7.05. The Hall–Kier alpha value is -2.15. The van der Waals surface area contributed by atoms with Gasteiger partial charge in [0, 0.05) is 13.6 Å². The van der Waals surface area contributed by atoms with Gasteiger partial charge in [0.2, 0.25) is 15.9 Å². The first-order valence-electron chi connectivity index (χ1n) is 14.5. The molecule has 5 N–H and O–H groups in total. The second-order valence-corrected chi connectivity index (χ2v) is 14.5. The fourth-order valence-corrected chi connectivity index (χ4v) is 8.06. The van der Waals surface area contributed by atoms with Gasteiger partial charge in [-0.1, -0.05) is 45.9 Å². The third-order valence-electron chi connectivity index (χ3n) is 9.24. The molecule has 6 atom stereocenters. The summed E-state index contributed by atoms with van der Waals surface area (Å²) in [4.78, 5) is 13.8. The second-order valence-electron chi connectivity index (χ2n) is 12.8. The average molecular weight is 576 g/mol. The van der Waals surface area contributed by atoms with Crippen LogP contribution in [0.5, 0.6) is 0 Å². The molecule has 1 amide bonds. The van der Waals surface area contributed by atoms with Crippen LogP contribution in [0.4, 0.5) is 0 Å². The lowest BCUT2D eigenvalue weighted by molar-refractivity contribution is -0.199. The number of hydrogen-bond donors (Lipinski definition) is 5. The maximum absolute atomic E-state index is 13.7. The Labute approximate surface area is 239 Å². The molecule has 40 heavy (non-hydrogen) atoms. The van der Waals surface area contributed by atoms with Crippen molar-refractivity contribution in [3.63, 3.8) is 0 Å².